The van der Waals surface area contributed by atoms with E-state index in [1.807, 2.05) is 5.38 Å². The molecule has 0 spiro atoms. The lowest BCUT2D eigenvalue weighted by atomic mass is 10.2. The zero-order chi connectivity index (χ0) is 19.9. The fourth-order valence-corrected chi connectivity index (χ4v) is 3.40. The van der Waals surface area contributed by atoms with Gasteiger partial charge in [0, 0.05) is 29.6 Å². The largest absolute Gasteiger partial charge is 0.465 e. The van der Waals surface area contributed by atoms with Crippen LogP contribution in [0.25, 0.3) is 10.6 Å². The summed E-state index contributed by atoms with van der Waals surface area (Å²) >= 11 is 1.60. The zero-order valence-corrected chi connectivity index (χ0v) is 16.5. The van der Waals surface area contributed by atoms with Gasteiger partial charge in [0.05, 0.1) is 18.4 Å². The number of nitrogens with one attached hydrogen (secondary N) is 2. The Labute approximate surface area is 167 Å². The van der Waals surface area contributed by atoms with Crippen LogP contribution in [-0.2, 0) is 11.2 Å². The number of aryl methyl sites for hydroxylation is 1. The standard InChI is InChI=1S/C21H21N3O3S/c1-14-3-5-15(6-4-14)19-23-18(13-28-19)11-12-22-21(26)24-17-9-7-16(8-10-17)20(25)27-2/h3-10,13H,11-12H2,1-2H3,(H2,22,24,26). The third-order valence-electron chi connectivity index (χ3n) is 4.08. The van der Waals surface area contributed by atoms with Crippen LogP contribution < -0.4 is 10.6 Å². The van der Waals surface area contributed by atoms with Crippen LogP contribution in [0.5, 0.6) is 0 Å². The first-order valence-electron chi connectivity index (χ1n) is 8.80. The molecule has 2 aromatic carbocycles. The molecule has 1 heterocycles. The van der Waals surface area contributed by atoms with Gasteiger partial charge in [-0.15, -0.1) is 11.3 Å². The van der Waals surface area contributed by atoms with Gasteiger partial charge in [0.1, 0.15) is 5.01 Å². The highest BCUT2D eigenvalue weighted by Crippen LogP contribution is 2.24. The van der Waals surface area contributed by atoms with Crippen molar-refractivity contribution in [1.29, 1.82) is 0 Å². The van der Waals surface area contributed by atoms with Crippen molar-refractivity contribution in [1.82, 2.24) is 10.3 Å². The Bertz CT molecular complexity index is 950. The molecule has 28 heavy (non-hydrogen) atoms. The van der Waals surface area contributed by atoms with Gasteiger partial charge < -0.3 is 15.4 Å². The van der Waals surface area contributed by atoms with E-state index >= 15 is 0 Å². The summed E-state index contributed by atoms with van der Waals surface area (Å²) in [4.78, 5) is 28.0. The van der Waals surface area contributed by atoms with Gasteiger partial charge in [0.25, 0.3) is 0 Å². The number of amides is 2. The van der Waals surface area contributed by atoms with Crippen LogP contribution in [-0.4, -0.2) is 30.6 Å². The van der Waals surface area contributed by atoms with Crippen LogP contribution in [0.4, 0.5) is 10.5 Å². The molecule has 0 aliphatic heterocycles. The quantitative estimate of drug-likeness (QED) is 0.611. The molecule has 0 aliphatic rings. The van der Waals surface area contributed by atoms with E-state index in [1.165, 1.54) is 12.7 Å². The first kappa shape index (κ1) is 19.6. The number of nitrogens with zero attached hydrogens (tertiary/aromatic N) is 1. The van der Waals surface area contributed by atoms with Gasteiger partial charge in [-0.1, -0.05) is 29.8 Å². The monoisotopic (exact) mass is 395 g/mol. The summed E-state index contributed by atoms with van der Waals surface area (Å²) in [5, 5.41) is 8.53. The average Bonchev–Trinajstić information content (AvgIpc) is 3.17. The Kier molecular flexibility index (Phi) is 6.39. The number of ether oxygens (including phenoxy) is 1. The molecule has 2 N–H and O–H groups in total. The highest BCUT2D eigenvalue weighted by molar-refractivity contribution is 7.13. The molecule has 3 rings (SSSR count). The number of aromatic nitrogens is 1. The van der Waals surface area contributed by atoms with E-state index in [0.717, 1.165) is 16.3 Å². The maximum atomic E-state index is 12.0. The van der Waals surface area contributed by atoms with Crippen molar-refractivity contribution in [2.45, 2.75) is 13.3 Å². The lowest BCUT2D eigenvalue weighted by Crippen LogP contribution is -2.30. The van der Waals surface area contributed by atoms with Crippen molar-refractivity contribution in [2.24, 2.45) is 0 Å². The Balaban J connectivity index is 1.46. The highest BCUT2D eigenvalue weighted by Gasteiger charge is 2.07. The summed E-state index contributed by atoms with van der Waals surface area (Å²) in [7, 11) is 1.33. The van der Waals surface area contributed by atoms with Gasteiger partial charge in [0.2, 0.25) is 0 Å². The smallest absolute Gasteiger partial charge is 0.337 e. The number of benzene rings is 2. The first-order chi connectivity index (χ1) is 13.5. The molecule has 7 heteroatoms. The second-order valence-electron chi connectivity index (χ2n) is 6.21. The summed E-state index contributed by atoms with van der Waals surface area (Å²) in [6.45, 7) is 2.53. The van der Waals surface area contributed by atoms with Crippen LogP contribution in [0.3, 0.4) is 0 Å². The molecule has 0 atom stereocenters. The molecule has 0 bridgehead atoms. The van der Waals surface area contributed by atoms with Crippen LogP contribution in [0.2, 0.25) is 0 Å². The number of methoxy groups -OCH3 is 1. The zero-order valence-electron chi connectivity index (χ0n) is 15.7. The number of thiazole rings is 1. The van der Waals surface area contributed by atoms with E-state index in [-0.39, 0.29) is 6.03 Å². The second-order valence-corrected chi connectivity index (χ2v) is 7.07. The predicted molar refractivity (Wildman–Crippen MR) is 111 cm³/mol. The Morgan fingerprint density at radius 3 is 2.46 bits per heavy atom. The van der Waals surface area contributed by atoms with Crippen molar-refractivity contribution in [2.75, 3.05) is 19.0 Å². The minimum Gasteiger partial charge on any atom is -0.465 e. The van der Waals surface area contributed by atoms with E-state index in [0.29, 0.717) is 24.2 Å². The van der Waals surface area contributed by atoms with Crippen molar-refractivity contribution < 1.29 is 14.3 Å². The predicted octanol–water partition coefficient (Wildman–Crippen LogP) is 4.27. The molecule has 0 aliphatic carbocycles. The fraction of sp³-hybridized carbons (Fsp3) is 0.190. The van der Waals surface area contributed by atoms with Crippen LogP contribution in [0, 0.1) is 6.92 Å². The molecule has 6 nitrogen and oxygen atoms in total. The molecular weight excluding hydrogens is 374 g/mol. The van der Waals surface area contributed by atoms with Crippen molar-refractivity contribution >= 4 is 29.0 Å². The molecule has 2 amide bonds. The number of carbonyl (C=O) groups is 2. The Morgan fingerprint density at radius 2 is 1.79 bits per heavy atom. The summed E-state index contributed by atoms with van der Waals surface area (Å²) in [6.07, 6.45) is 0.650. The van der Waals surface area contributed by atoms with Crippen LogP contribution in [0.1, 0.15) is 21.6 Å². The first-order valence-corrected chi connectivity index (χ1v) is 9.68. The number of hydrogen-bond acceptors (Lipinski definition) is 5. The SMILES string of the molecule is COC(=O)c1ccc(NC(=O)NCCc2csc(-c3ccc(C)cc3)n2)cc1. The van der Waals surface area contributed by atoms with E-state index in [9.17, 15) is 9.59 Å². The Hall–Kier alpha value is -3.19. The number of urea groups is 1. The maximum absolute atomic E-state index is 12.0. The van der Waals surface area contributed by atoms with Crippen molar-refractivity contribution in [3.05, 3.63) is 70.7 Å². The molecule has 0 saturated heterocycles. The molecule has 144 valence electrons. The molecule has 0 radical (unpaired) electrons. The van der Waals surface area contributed by atoms with E-state index in [4.69, 9.17) is 0 Å². The highest BCUT2D eigenvalue weighted by atomic mass is 32.1. The minimum absolute atomic E-state index is 0.306. The second kappa shape index (κ2) is 9.14. The van der Waals surface area contributed by atoms with Gasteiger partial charge in [-0.3, -0.25) is 0 Å². The van der Waals surface area contributed by atoms with Gasteiger partial charge >= 0.3 is 12.0 Å². The minimum atomic E-state index is -0.413. The van der Waals surface area contributed by atoms with Crippen LogP contribution in [0.15, 0.2) is 53.9 Å². The average molecular weight is 395 g/mol. The summed E-state index contributed by atoms with van der Waals surface area (Å²) in [5.74, 6) is -0.413. The maximum Gasteiger partial charge on any atom is 0.337 e. The normalized spacial score (nSPS) is 10.4. The summed E-state index contributed by atoms with van der Waals surface area (Å²) in [6, 6.07) is 14.5. The fourth-order valence-electron chi connectivity index (χ4n) is 2.54. The lowest BCUT2D eigenvalue weighted by molar-refractivity contribution is 0.0600. The topological polar surface area (TPSA) is 80.3 Å². The summed E-state index contributed by atoms with van der Waals surface area (Å²) < 4.78 is 4.64. The number of anilines is 1. The third-order valence-corrected chi connectivity index (χ3v) is 5.02. The third kappa shape index (κ3) is 5.17. The number of rotatable bonds is 6. The van der Waals surface area contributed by atoms with Crippen LogP contribution >= 0.6 is 11.3 Å². The molecule has 0 fully saturated rings. The van der Waals surface area contributed by atoms with Gasteiger partial charge in [0.15, 0.2) is 0 Å². The molecule has 1 aromatic heterocycles. The van der Waals surface area contributed by atoms with Gasteiger partial charge in [-0.2, -0.15) is 0 Å². The van der Waals surface area contributed by atoms with E-state index in [1.54, 1.807) is 35.6 Å². The molecule has 3 aromatic rings. The van der Waals surface area contributed by atoms with E-state index in [2.05, 4.69) is 51.5 Å². The van der Waals surface area contributed by atoms with Gasteiger partial charge in [-0.25, -0.2) is 14.6 Å². The number of hydrogen-bond donors (Lipinski definition) is 2. The molecule has 0 unspecified atom stereocenters. The number of esters is 1. The Morgan fingerprint density at radius 1 is 1.07 bits per heavy atom. The van der Waals surface area contributed by atoms with Crippen molar-refractivity contribution in [3.8, 4) is 10.6 Å². The molecule has 0 saturated carbocycles. The lowest BCUT2D eigenvalue weighted by Gasteiger charge is -2.07. The molecular formula is C21H21N3O3S. The summed E-state index contributed by atoms with van der Waals surface area (Å²) in [5.41, 5.74) is 4.30. The van der Waals surface area contributed by atoms with E-state index < -0.39 is 5.97 Å². The van der Waals surface area contributed by atoms with Gasteiger partial charge in [-0.05, 0) is 31.2 Å². The van der Waals surface area contributed by atoms with Crippen molar-refractivity contribution in [3.63, 3.8) is 0 Å². The number of carbonyl (C=O) groups excluding carboxylic acids is 2.